The third-order valence-corrected chi connectivity index (χ3v) is 7.51. The largest absolute Gasteiger partial charge is 0.462 e. The molecule has 1 fully saturated rings. The molecule has 0 radical (unpaired) electrons. The second-order valence-corrected chi connectivity index (χ2v) is 9.81. The first-order valence-corrected chi connectivity index (χ1v) is 11.7. The minimum absolute atomic E-state index is 0.0294. The van der Waals surface area contributed by atoms with Gasteiger partial charge in [0.05, 0.1) is 12.0 Å². The maximum absolute atomic E-state index is 13.1. The topological polar surface area (TPSA) is 43.7 Å². The van der Waals surface area contributed by atoms with E-state index in [0.717, 1.165) is 38.6 Å². The van der Waals surface area contributed by atoms with Crippen LogP contribution in [0.5, 0.6) is 0 Å². The number of benzene rings is 1. The van der Waals surface area contributed by atoms with Gasteiger partial charge in [0.15, 0.2) is 0 Å². The standard InChI is InChI=1S/C26H34N2O3/c1-16(2)28-15-17-13-24-22(21-6-5-7-23(28)25(17)21)12-18(14-27(24)3)26(29)31-20-10-8-19(30-4)9-11-20/h5-7,12,15-16,18-20,24H,8-11,13-14H2,1-4H3/t18-,19?,20?,24-/m1/s1. The molecule has 0 unspecified atom stereocenters. The van der Waals surface area contributed by atoms with Crippen molar-refractivity contribution >= 4 is 22.4 Å². The lowest BCUT2D eigenvalue weighted by atomic mass is 9.80. The summed E-state index contributed by atoms with van der Waals surface area (Å²) in [5, 5.41) is 1.36. The van der Waals surface area contributed by atoms with Gasteiger partial charge in [0.1, 0.15) is 6.10 Å². The lowest BCUT2D eigenvalue weighted by Crippen LogP contribution is -2.45. The zero-order valence-electron chi connectivity index (χ0n) is 19.1. The second-order valence-electron chi connectivity index (χ2n) is 9.81. The number of carbonyl (C=O) groups excluding carboxylic acids is 1. The number of esters is 1. The third-order valence-electron chi connectivity index (χ3n) is 7.51. The lowest BCUT2D eigenvalue weighted by Gasteiger charge is -2.39. The highest BCUT2D eigenvalue weighted by atomic mass is 16.5. The van der Waals surface area contributed by atoms with Crippen molar-refractivity contribution in [1.29, 1.82) is 0 Å². The smallest absolute Gasteiger partial charge is 0.314 e. The Bertz CT molecular complexity index is 1010. The normalized spacial score (nSPS) is 28.5. The van der Waals surface area contributed by atoms with E-state index in [1.54, 1.807) is 7.11 Å². The van der Waals surface area contributed by atoms with Gasteiger partial charge in [-0.3, -0.25) is 9.69 Å². The first kappa shape index (κ1) is 20.8. The Hall–Kier alpha value is -2.11. The quantitative estimate of drug-likeness (QED) is 0.676. The minimum Gasteiger partial charge on any atom is -0.462 e. The number of nitrogens with zero attached hydrogens (tertiary/aromatic N) is 2. The Kier molecular flexibility index (Phi) is 5.43. The van der Waals surface area contributed by atoms with Crippen molar-refractivity contribution in [3.63, 3.8) is 0 Å². The monoisotopic (exact) mass is 422 g/mol. The summed E-state index contributed by atoms with van der Waals surface area (Å²) in [6.45, 7) is 5.19. The number of methoxy groups -OCH3 is 1. The highest BCUT2D eigenvalue weighted by Gasteiger charge is 2.37. The molecule has 1 saturated carbocycles. The van der Waals surface area contributed by atoms with Crippen molar-refractivity contribution in [2.75, 3.05) is 20.7 Å². The summed E-state index contributed by atoms with van der Waals surface area (Å²) < 4.78 is 13.8. The van der Waals surface area contributed by atoms with Crippen LogP contribution in [0.2, 0.25) is 0 Å². The molecule has 1 aromatic heterocycles. The summed E-state index contributed by atoms with van der Waals surface area (Å²) in [5.41, 5.74) is 5.29. The third kappa shape index (κ3) is 3.62. The van der Waals surface area contributed by atoms with Gasteiger partial charge in [-0.05, 0) is 75.8 Å². The van der Waals surface area contributed by atoms with E-state index in [1.165, 1.54) is 27.6 Å². The van der Waals surface area contributed by atoms with Crippen LogP contribution in [0, 0.1) is 5.92 Å². The van der Waals surface area contributed by atoms with Crippen LogP contribution in [0.25, 0.3) is 16.5 Å². The molecule has 166 valence electrons. The van der Waals surface area contributed by atoms with Crippen LogP contribution in [0.4, 0.5) is 0 Å². The van der Waals surface area contributed by atoms with Crippen LogP contribution in [0.15, 0.2) is 30.5 Å². The van der Waals surface area contributed by atoms with Gasteiger partial charge in [0.2, 0.25) is 0 Å². The van der Waals surface area contributed by atoms with E-state index in [0.29, 0.717) is 18.2 Å². The number of hydrogen-bond donors (Lipinski definition) is 0. The molecule has 5 rings (SSSR count). The number of carbonyl (C=O) groups is 1. The zero-order valence-corrected chi connectivity index (χ0v) is 19.1. The summed E-state index contributed by atoms with van der Waals surface area (Å²) in [4.78, 5) is 15.4. The molecule has 2 heterocycles. The molecule has 1 aliphatic heterocycles. The van der Waals surface area contributed by atoms with E-state index in [9.17, 15) is 4.79 Å². The van der Waals surface area contributed by atoms with E-state index in [4.69, 9.17) is 9.47 Å². The molecule has 2 aromatic rings. The van der Waals surface area contributed by atoms with Crippen molar-refractivity contribution < 1.29 is 14.3 Å². The SMILES string of the molecule is COC1CCC(OC(=O)[C@@H]2C=C3c4cccc5c4c(cn5C(C)C)C[C@H]3N(C)C2)CC1. The number of likely N-dealkylation sites (N-methyl/N-ethyl adjacent to an activating group) is 1. The Morgan fingerprint density at radius 1 is 1.13 bits per heavy atom. The molecule has 0 N–H and O–H groups in total. The predicted molar refractivity (Wildman–Crippen MR) is 123 cm³/mol. The number of aromatic nitrogens is 1. The van der Waals surface area contributed by atoms with E-state index in [-0.39, 0.29) is 18.0 Å². The lowest BCUT2D eigenvalue weighted by molar-refractivity contribution is -0.155. The summed E-state index contributed by atoms with van der Waals surface area (Å²) in [5.74, 6) is -0.281. The Morgan fingerprint density at radius 2 is 1.87 bits per heavy atom. The van der Waals surface area contributed by atoms with Crippen LogP contribution in [-0.4, -0.2) is 54.4 Å². The molecule has 2 aliphatic carbocycles. The van der Waals surface area contributed by atoms with E-state index >= 15 is 0 Å². The van der Waals surface area contributed by atoms with Gasteiger partial charge in [-0.1, -0.05) is 18.2 Å². The molecule has 0 bridgehead atoms. The highest BCUT2D eigenvalue weighted by Crippen LogP contribution is 2.42. The van der Waals surface area contributed by atoms with Gasteiger partial charge in [0, 0.05) is 42.8 Å². The molecule has 5 heteroatoms. The summed E-state index contributed by atoms with van der Waals surface area (Å²) >= 11 is 0. The van der Waals surface area contributed by atoms with Crippen LogP contribution in [-0.2, 0) is 20.7 Å². The average molecular weight is 423 g/mol. The Morgan fingerprint density at radius 3 is 2.58 bits per heavy atom. The molecule has 0 spiro atoms. The van der Waals surface area contributed by atoms with Gasteiger partial charge in [-0.25, -0.2) is 0 Å². The number of hydrogen-bond acceptors (Lipinski definition) is 4. The van der Waals surface area contributed by atoms with Crippen LogP contribution in [0.3, 0.4) is 0 Å². The molecule has 3 aliphatic rings. The second kappa shape index (κ2) is 8.10. The van der Waals surface area contributed by atoms with Gasteiger partial charge in [-0.2, -0.15) is 0 Å². The fraction of sp³-hybridized carbons (Fsp3) is 0.577. The Labute approximate surface area is 185 Å². The van der Waals surface area contributed by atoms with Crippen molar-refractivity contribution in [1.82, 2.24) is 9.47 Å². The number of rotatable bonds is 4. The van der Waals surface area contributed by atoms with Gasteiger partial charge >= 0.3 is 5.97 Å². The maximum atomic E-state index is 13.1. The van der Waals surface area contributed by atoms with Crippen LogP contribution < -0.4 is 0 Å². The highest BCUT2D eigenvalue weighted by molar-refractivity contribution is 5.99. The van der Waals surface area contributed by atoms with E-state index < -0.39 is 0 Å². The van der Waals surface area contributed by atoms with Crippen molar-refractivity contribution in [3.8, 4) is 0 Å². The molecule has 1 aromatic carbocycles. The van der Waals surface area contributed by atoms with Crippen molar-refractivity contribution in [2.45, 2.75) is 70.2 Å². The average Bonchev–Trinajstić information content (AvgIpc) is 3.15. The zero-order chi connectivity index (χ0) is 21.7. The van der Waals surface area contributed by atoms with E-state index in [1.807, 2.05) is 0 Å². The van der Waals surface area contributed by atoms with Crippen LogP contribution in [0.1, 0.15) is 56.7 Å². The molecule has 2 atom stereocenters. The predicted octanol–water partition coefficient (Wildman–Crippen LogP) is 4.59. The van der Waals surface area contributed by atoms with Crippen molar-refractivity contribution in [2.24, 2.45) is 5.92 Å². The summed E-state index contributed by atoms with van der Waals surface area (Å²) in [6.07, 6.45) is 9.63. The number of ether oxygens (including phenoxy) is 2. The van der Waals surface area contributed by atoms with Gasteiger partial charge in [-0.15, -0.1) is 0 Å². The fourth-order valence-corrected chi connectivity index (χ4v) is 5.80. The summed E-state index contributed by atoms with van der Waals surface area (Å²) in [7, 11) is 3.91. The van der Waals surface area contributed by atoms with Gasteiger partial charge in [0.25, 0.3) is 0 Å². The molecule has 31 heavy (non-hydrogen) atoms. The molecular weight excluding hydrogens is 388 g/mol. The van der Waals surface area contributed by atoms with Crippen molar-refractivity contribution in [3.05, 3.63) is 41.6 Å². The molecule has 0 amide bonds. The molecular formula is C26H34N2O3. The van der Waals surface area contributed by atoms with Gasteiger partial charge < -0.3 is 14.0 Å². The maximum Gasteiger partial charge on any atom is 0.314 e. The fourth-order valence-electron chi connectivity index (χ4n) is 5.80. The summed E-state index contributed by atoms with van der Waals surface area (Å²) in [6, 6.07) is 7.34. The molecule has 0 saturated heterocycles. The van der Waals surface area contributed by atoms with Crippen LogP contribution >= 0.6 is 0 Å². The van der Waals surface area contributed by atoms with E-state index in [2.05, 4.69) is 60.8 Å². The first-order chi connectivity index (χ1) is 15.0. The number of fused-ring (bicyclic) bond motifs is 2. The molecule has 5 nitrogen and oxygen atoms in total. The first-order valence-electron chi connectivity index (χ1n) is 11.7. The Balaban J connectivity index is 1.43. The minimum atomic E-state index is -0.208.